The van der Waals surface area contributed by atoms with E-state index in [9.17, 15) is 8.42 Å². The molecule has 0 aromatic heterocycles. The van der Waals surface area contributed by atoms with E-state index in [4.69, 9.17) is 9.47 Å². The van der Waals surface area contributed by atoms with Crippen LogP contribution in [0.1, 0.15) is 37.3 Å². The molecule has 0 saturated carbocycles. The van der Waals surface area contributed by atoms with E-state index in [0.29, 0.717) is 19.6 Å². The number of sulfonamides is 1. The second-order valence-electron chi connectivity index (χ2n) is 7.66. The van der Waals surface area contributed by atoms with Gasteiger partial charge in [0.2, 0.25) is 10.0 Å². The van der Waals surface area contributed by atoms with Gasteiger partial charge >= 0.3 is 0 Å². The van der Waals surface area contributed by atoms with Gasteiger partial charge in [0.05, 0.1) is 19.0 Å². The number of methoxy groups -OCH3 is 1. The van der Waals surface area contributed by atoms with Gasteiger partial charge in [-0.3, -0.25) is 0 Å². The number of hydrogen-bond donors (Lipinski definition) is 0. The zero-order valence-electron chi connectivity index (χ0n) is 17.3. The van der Waals surface area contributed by atoms with Crippen LogP contribution in [0.2, 0.25) is 0 Å². The van der Waals surface area contributed by atoms with Crippen LogP contribution in [0.4, 0.5) is 0 Å². The molecule has 2 aromatic rings. The minimum atomic E-state index is -3.49. The summed E-state index contributed by atoms with van der Waals surface area (Å²) in [6.45, 7) is 2.97. The maximum Gasteiger partial charge on any atom is 0.217 e. The third-order valence-electron chi connectivity index (χ3n) is 5.41. The van der Waals surface area contributed by atoms with E-state index < -0.39 is 10.0 Å². The Bertz CT molecular complexity index is 863. The van der Waals surface area contributed by atoms with E-state index in [1.807, 2.05) is 61.5 Å². The van der Waals surface area contributed by atoms with Crippen LogP contribution in [-0.4, -0.2) is 44.3 Å². The summed E-state index contributed by atoms with van der Waals surface area (Å²) in [4.78, 5) is 0. The molecule has 0 spiro atoms. The van der Waals surface area contributed by atoms with Crippen LogP contribution in [0.3, 0.4) is 0 Å². The fourth-order valence-electron chi connectivity index (χ4n) is 3.85. The summed E-state index contributed by atoms with van der Waals surface area (Å²) in [5.74, 6) is 0.822. The van der Waals surface area contributed by atoms with E-state index in [2.05, 4.69) is 0 Å². The van der Waals surface area contributed by atoms with Crippen LogP contribution in [-0.2, 0) is 27.7 Å². The van der Waals surface area contributed by atoms with E-state index in [1.165, 1.54) is 0 Å². The van der Waals surface area contributed by atoms with Gasteiger partial charge in [0.15, 0.2) is 0 Å². The molecule has 2 atom stereocenters. The first-order valence-corrected chi connectivity index (χ1v) is 11.9. The lowest BCUT2D eigenvalue weighted by molar-refractivity contribution is 0.0297. The van der Waals surface area contributed by atoms with E-state index >= 15 is 0 Å². The zero-order chi connectivity index (χ0) is 20.7. The fraction of sp³-hybridized carbons (Fsp3) is 0.478. The summed E-state index contributed by atoms with van der Waals surface area (Å²) in [7, 11) is -1.85. The Hall–Kier alpha value is -1.89. The number of ether oxygens (including phenoxy) is 2. The Morgan fingerprint density at radius 3 is 2.52 bits per heavy atom. The number of benzene rings is 2. The predicted octanol–water partition coefficient (Wildman–Crippen LogP) is 4.03. The van der Waals surface area contributed by atoms with Crippen molar-refractivity contribution in [3.05, 3.63) is 65.7 Å². The molecular formula is C23H31NO4S. The molecule has 1 saturated heterocycles. The molecule has 1 fully saturated rings. The largest absolute Gasteiger partial charge is 0.496 e. The molecule has 1 aliphatic heterocycles. The van der Waals surface area contributed by atoms with Gasteiger partial charge < -0.3 is 9.47 Å². The first-order valence-electron chi connectivity index (χ1n) is 10.3. The highest BCUT2D eigenvalue weighted by molar-refractivity contribution is 7.89. The molecule has 0 radical (unpaired) electrons. The highest BCUT2D eigenvalue weighted by Crippen LogP contribution is 2.25. The third-order valence-corrected chi connectivity index (χ3v) is 7.41. The first kappa shape index (κ1) is 21.8. The van der Waals surface area contributed by atoms with Gasteiger partial charge in [-0.2, -0.15) is 4.31 Å². The van der Waals surface area contributed by atoms with Crippen LogP contribution in [0, 0.1) is 0 Å². The lowest BCUT2D eigenvalue weighted by Gasteiger charge is -2.31. The van der Waals surface area contributed by atoms with Gasteiger partial charge in [-0.15, -0.1) is 0 Å². The summed E-state index contributed by atoms with van der Waals surface area (Å²) in [6, 6.07) is 17.3. The highest BCUT2D eigenvalue weighted by atomic mass is 32.2. The molecule has 2 unspecified atom stereocenters. The Morgan fingerprint density at radius 1 is 1.10 bits per heavy atom. The van der Waals surface area contributed by atoms with Crippen molar-refractivity contribution in [3.8, 4) is 5.75 Å². The van der Waals surface area contributed by atoms with Crippen molar-refractivity contribution in [1.82, 2.24) is 4.31 Å². The molecule has 0 N–H and O–H groups in total. The van der Waals surface area contributed by atoms with Crippen LogP contribution < -0.4 is 4.74 Å². The standard InChI is InChI=1S/C23H31NO4S/c1-19(16-21-12-6-7-14-23(21)27-2)24(17-20-10-4-3-5-11-20)29(25,26)18-22-13-8-9-15-28-22/h3-7,10-12,14,19,22H,8-9,13,15-18H2,1-2H3. The maximum absolute atomic E-state index is 13.4. The summed E-state index contributed by atoms with van der Waals surface area (Å²) in [6.07, 6.45) is 3.20. The van der Waals surface area contributed by atoms with E-state index in [0.717, 1.165) is 36.1 Å². The van der Waals surface area contributed by atoms with Crippen LogP contribution >= 0.6 is 0 Å². The van der Waals surface area contributed by atoms with Crippen LogP contribution in [0.25, 0.3) is 0 Å². The maximum atomic E-state index is 13.4. The minimum Gasteiger partial charge on any atom is -0.496 e. The van der Waals surface area contributed by atoms with Crippen molar-refractivity contribution in [2.75, 3.05) is 19.5 Å². The van der Waals surface area contributed by atoms with Gasteiger partial charge in [-0.25, -0.2) is 8.42 Å². The summed E-state index contributed by atoms with van der Waals surface area (Å²) in [5, 5.41) is 0. The van der Waals surface area contributed by atoms with Crippen LogP contribution in [0.5, 0.6) is 5.75 Å². The topological polar surface area (TPSA) is 55.8 Å². The molecule has 158 valence electrons. The van der Waals surface area contributed by atoms with Gasteiger partial charge in [0.25, 0.3) is 0 Å². The Morgan fingerprint density at radius 2 is 1.83 bits per heavy atom. The van der Waals surface area contributed by atoms with Crippen molar-refractivity contribution in [2.24, 2.45) is 0 Å². The summed E-state index contributed by atoms with van der Waals surface area (Å²) >= 11 is 0. The van der Waals surface area contributed by atoms with Crippen molar-refractivity contribution >= 4 is 10.0 Å². The lowest BCUT2D eigenvalue weighted by atomic mass is 10.1. The molecule has 0 bridgehead atoms. The van der Waals surface area contributed by atoms with E-state index in [-0.39, 0.29) is 17.9 Å². The van der Waals surface area contributed by atoms with Gasteiger partial charge in [0.1, 0.15) is 5.75 Å². The minimum absolute atomic E-state index is 0.0378. The molecular weight excluding hydrogens is 386 g/mol. The van der Waals surface area contributed by atoms with Crippen molar-refractivity contribution < 1.29 is 17.9 Å². The smallest absolute Gasteiger partial charge is 0.217 e. The molecule has 3 rings (SSSR count). The van der Waals surface area contributed by atoms with Crippen molar-refractivity contribution in [2.45, 2.75) is 51.3 Å². The molecule has 1 aliphatic rings. The first-order chi connectivity index (χ1) is 14.0. The van der Waals surface area contributed by atoms with Crippen molar-refractivity contribution in [3.63, 3.8) is 0 Å². The Balaban J connectivity index is 1.83. The normalized spacial score (nSPS) is 18.5. The molecule has 2 aromatic carbocycles. The SMILES string of the molecule is COc1ccccc1CC(C)N(Cc1ccccc1)S(=O)(=O)CC1CCCCO1. The number of nitrogens with zero attached hydrogens (tertiary/aromatic N) is 1. The number of para-hydroxylation sites is 1. The molecule has 6 heteroatoms. The Labute approximate surface area is 174 Å². The monoisotopic (exact) mass is 417 g/mol. The average Bonchev–Trinajstić information content (AvgIpc) is 2.73. The molecule has 29 heavy (non-hydrogen) atoms. The van der Waals surface area contributed by atoms with Gasteiger partial charge in [0, 0.05) is 19.2 Å². The second kappa shape index (κ2) is 10.2. The van der Waals surface area contributed by atoms with Gasteiger partial charge in [-0.1, -0.05) is 48.5 Å². The second-order valence-corrected chi connectivity index (χ2v) is 9.63. The van der Waals surface area contributed by atoms with Crippen molar-refractivity contribution in [1.29, 1.82) is 0 Å². The summed E-state index contributed by atoms with van der Waals surface area (Å²) < 4.78 is 39.6. The van der Waals surface area contributed by atoms with Crippen LogP contribution in [0.15, 0.2) is 54.6 Å². The van der Waals surface area contributed by atoms with E-state index in [1.54, 1.807) is 11.4 Å². The average molecular weight is 418 g/mol. The zero-order valence-corrected chi connectivity index (χ0v) is 18.1. The highest BCUT2D eigenvalue weighted by Gasteiger charge is 2.31. The summed E-state index contributed by atoms with van der Waals surface area (Å²) in [5.41, 5.74) is 1.98. The molecule has 5 nitrogen and oxygen atoms in total. The molecule has 0 amide bonds. The number of rotatable bonds is 9. The number of hydrogen-bond acceptors (Lipinski definition) is 4. The lowest BCUT2D eigenvalue weighted by Crippen LogP contribution is -2.43. The van der Waals surface area contributed by atoms with Gasteiger partial charge in [-0.05, 0) is 49.8 Å². The predicted molar refractivity (Wildman–Crippen MR) is 116 cm³/mol. The third kappa shape index (κ3) is 6.04. The molecule has 0 aliphatic carbocycles. The molecule has 1 heterocycles. The Kier molecular flexibility index (Phi) is 7.70. The quantitative estimate of drug-likeness (QED) is 0.618. The fourth-order valence-corrected chi connectivity index (χ4v) is 5.75.